The molecule has 0 unspecified atom stereocenters. The fourth-order valence-corrected chi connectivity index (χ4v) is 2.57. The molecule has 8 heteroatoms. The maximum atomic E-state index is 11.2. The first-order valence-electron chi connectivity index (χ1n) is 6.00. The van der Waals surface area contributed by atoms with Gasteiger partial charge in [0.05, 0.1) is 5.75 Å². The summed E-state index contributed by atoms with van der Waals surface area (Å²) in [6.45, 7) is 3.14. The number of aliphatic imine (C=N–C) groups is 1. The third kappa shape index (κ3) is 6.55. The Bertz CT molecular complexity index is 483. The molecule has 1 aromatic rings. The molecule has 0 spiro atoms. The lowest BCUT2D eigenvalue weighted by Crippen LogP contribution is -2.41. The van der Waals surface area contributed by atoms with Gasteiger partial charge < -0.3 is 10.6 Å². The SMILES string of the molecule is CCS(=O)(=O)NCCNC(=NC)NCc1ccsc1. The minimum Gasteiger partial charge on any atom is -0.355 e. The van der Waals surface area contributed by atoms with Gasteiger partial charge in [-0.05, 0) is 29.3 Å². The van der Waals surface area contributed by atoms with Crippen LogP contribution < -0.4 is 15.4 Å². The summed E-state index contributed by atoms with van der Waals surface area (Å²) in [4.78, 5) is 4.06. The third-order valence-corrected chi connectivity index (χ3v) is 4.52. The van der Waals surface area contributed by atoms with Crippen molar-refractivity contribution in [2.75, 3.05) is 25.9 Å². The van der Waals surface area contributed by atoms with E-state index in [-0.39, 0.29) is 5.75 Å². The molecule has 0 saturated carbocycles. The second-order valence-corrected chi connectivity index (χ2v) is 6.66. The smallest absolute Gasteiger partial charge is 0.211 e. The van der Waals surface area contributed by atoms with Gasteiger partial charge in [0, 0.05) is 26.7 Å². The van der Waals surface area contributed by atoms with Crippen LogP contribution in [0.4, 0.5) is 0 Å². The summed E-state index contributed by atoms with van der Waals surface area (Å²) in [5.41, 5.74) is 1.19. The van der Waals surface area contributed by atoms with Crippen molar-refractivity contribution in [2.45, 2.75) is 13.5 Å². The van der Waals surface area contributed by atoms with E-state index < -0.39 is 10.0 Å². The summed E-state index contributed by atoms with van der Waals surface area (Å²) in [7, 11) is -1.44. The molecule has 0 amide bonds. The van der Waals surface area contributed by atoms with E-state index in [2.05, 4.69) is 25.7 Å². The second-order valence-electron chi connectivity index (χ2n) is 3.78. The fourth-order valence-electron chi connectivity index (χ4n) is 1.29. The van der Waals surface area contributed by atoms with Crippen molar-refractivity contribution in [2.24, 2.45) is 4.99 Å². The molecular formula is C11H20N4O2S2. The van der Waals surface area contributed by atoms with Crippen LogP contribution in [0.15, 0.2) is 21.8 Å². The van der Waals surface area contributed by atoms with Gasteiger partial charge >= 0.3 is 0 Å². The first kappa shape index (κ1) is 15.9. The Morgan fingerprint density at radius 3 is 2.74 bits per heavy atom. The lowest BCUT2D eigenvalue weighted by atomic mass is 10.3. The van der Waals surface area contributed by atoms with E-state index >= 15 is 0 Å². The standard InChI is InChI=1S/C11H20N4O2S2/c1-3-19(16,17)15-6-5-13-11(12-2)14-8-10-4-7-18-9-10/h4,7,9,15H,3,5-6,8H2,1-2H3,(H2,12,13,14). The highest BCUT2D eigenvalue weighted by molar-refractivity contribution is 7.89. The molecule has 108 valence electrons. The van der Waals surface area contributed by atoms with E-state index in [4.69, 9.17) is 0 Å². The van der Waals surface area contributed by atoms with Crippen LogP contribution in [0.25, 0.3) is 0 Å². The summed E-state index contributed by atoms with van der Waals surface area (Å²) in [5, 5.41) is 10.3. The second kappa shape index (κ2) is 8.13. The molecule has 0 atom stereocenters. The Morgan fingerprint density at radius 2 is 2.16 bits per heavy atom. The van der Waals surface area contributed by atoms with Crippen LogP contribution in [0.1, 0.15) is 12.5 Å². The quantitative estimate of drug-likeness (QED) is 0.386. The lowest BCUT2D eigenvalue weighted by Gasteiger charge is -2.11. The van der Waals surface area contributed by atoms with Gasteiger partial charge in [0.15, 0.2) is 5.96 Å². The molecule has 0 aliphatic carbocycles. The van der Waals surface area contributed by atoms with Crippen molar-refractivity contribution in [1.82, 2.24) is 15.4 Å². The van der Waals surface area contributed by atoms with Crippen LogP contribution in [0, 0.1) is 0 Å². The Hall–Kier alpha value is -1.12. The summed E-state index contributed by atoms with van der Waals surface area (Å²) >= 11 is 1.65. The minimum absolute atomic E-state index is 0.0954. The molecular weight excluding hydrogens is 284 g/mol. The van der Waals surface area contributed by atoms with E-state index in [1.165, 1.54) is 5.56 Å². The fraction of sp³-hybridized carbons (Fsp3) is 0.545. The Morgan fingerprint density at radius 1 is 1.37 bits per heavy atom. The van der Waals surface area contributed by atoms with Gasteiger partial charge in [0.25, 0.3) is 0 Å². The third-order valence-electron chi connectivity index (χ3n) is 2.38. The van der Waals surface area contributed by atoms with Gasteiger partial charge in [0.2, 0.25) is 10.0 Å². The minimum atomic E-state index is -3.12. The molecule has 1 aromatic heterocycles. The van der Waals surface area contributed by atoms with Gasteiger partial charge in [-0.3, -0.25) is 4.99 Å². The first-order chi connectivity index (χ1) is 9.07. The zero-order chi connectivity index (χ0) is 14.1. The van der Waals surface area contributed by atoms with Crippen LogP contribution in [0.3, 0.4) is 0 Å². The molecule has 0 aliphatic heterocycles. The van der Waals surface area contributed by atoms with Gasteiger partial charge in [-0.25, -0.2) is 13.1 Å². The van der Waals surface area contributed by atoms with Gasteiger partial charge in [-0.2, -0.15) is 11.3 Å². The number of rotatable bonds is 7. The van der Waals surface area contributed by atoms with Crippen LogP contribution >= 0.6 is 11.3 Å². The number of hydrogen-bond acceptors (Lipinski definition) is 4. The van der Waals surface area contributed by atoms with Crippen molar-refractivity contribution in [3.63, 3.8) is 0 Å². The topological polar surface area (TPSA) is 82.6 Å². The molecule has 19 heavy (non-hydrogen) atoms. The molecule has 0 aromatic carbocycles. The highest BCUT2D eigenvalue weighted by atomic mass is 32.2. The molecule has 0 aliphatic rings. The van der Waals surface area contributed by atoms with Gasteiger partial charge in [-0.15, -0.1) is 0 Å². The maximum Gasteiger partial charge on any atom is 0.211 e. The van der Waals surface area contributed by atoms with Gasteiger partial charge in [0.1, 0.15) is 0 Å². The number of nitrogens with one attached hydrogen (secondary N) is 3. The number of guanidine groups is 1. The highest BCUT2D eigenvalue weighted by Gasteiger charge is 2.04. The van der Waals surface area contributed by atoms with E-state index in [9.17, 15) is 8.42 Å². The largest absolute Gasteiger partial charge is 0.355 e. The van der Waals surface area contributed by atoms with E-state index in [0.717, 1.165) is 0 Å². The van der Waals surface area contributed by atoms with Crippen molar-refractivity contribution < 1.29 is 8.42 Å². The number of nitrogens with zero attached hydrogens (tertiary/aromatic N) is 1. The van der Waals surface area contributed by atoms with Crippen molar-refractivity contribution >= 4 is 27.3 Å². The molecule has 0 radical (unpaired) electrons. The van der Waals surface area contributed by atoms with Crippen molar-refractivity contribution in [1.29, 1.82) is 0 Å². The summed E-state index contributed by atoms with van der Waals surface area (Å²) in [6.07, 6.45) is 0. The summed E-state index contributed by atoms with van der Waals surface area (Å²) < 4.78 is 24.9. The number of thiophene rings is 1. The van der Waals surface area contributed by atoms with Crippen LogP contribution in [0.2, 0.25) is 0 Å². The van der Waals surface area contributed by atoms with E-state index in [1.807, 2.05) is 11.4 Å². The number of sulfonamides is 1. The van der Waals surface area contributed by atoms with Crippen LogP contribution in [-0.2, 0) is 16.6 Å². The molecule has 0 bridgehead atoms. The molecule has 6 nitrogen and oxygen atoms in total. The first-order valence-corrected chi connectivity index (χ1v) is 8.60. The number of hydrogen-bond donors (Lipinski definition) is 3. The van der Waals surface area contributed by atoms with Crippen LogP contribution in [0.5, 0.6) is 0 Å². The molecule has 0 fully saturated rings. The maximum absolute atomic E-state index is 11.2. The zero-order valence-electron chi connectivity index (χ0n) is 11.1. The summed E-state index contributed by atoms with van der Waals surface area (Å²) in [5.74, 6) is 0.750. The monoisotopic (exact) mass is 304 g/mol. The average Bonchev–Trinajstić information content (AvgIpc) is 2.91. The summed E-state index contributed by atoms with van der Waals surface area (Å²) in [6, 6.07) is 2.04. The molecule has 3 N–H and O–H groups in total. The predicted octanol–water partition coefficient (Wildman–Crippen LogP) is 0.352. The lowest BCUT2D eigenvalue weighted by molar-refractivity contribution is 0.582. The van der Waals surface area contributed by atoms with Crippen LogP contribution in [-0.4, -0.2) is 40.3 Å². The normalized spacial score (nSPS) is 12.4. The zero-order valence-corrected chi connectivity index (χ0v) is 12.8. The van der Waals surface area contributed by atoms with E-state index in [1.54, 1.807) is 25.3 Å². The average molecular weight is 304 g/mol. The Kier molecular flexibility index (Phi) is 6.82. The van der Waals surface area contributed by atoms with E-state index in [0.29, 0.717) is 25.6 Å². The van der Waals surface area contributed by atoms with Crippen molar-refractivity contribution in [3.8, 4) is 0 Å². The molecule has 0 saturated heterocycles. The highest BCUT2D eigenvalue weighted by Crippen LogP contribution is 2.04. The Balaban J connectivity index is 2.23. The Labute approximate surface area is 118 Å². The van der Waals surface area contributed by atoms with Crippen molar-refractivity contribution in [3.05, 3.63) is 22.4 Å². The predicted molar refractivity (Wildman–Crippen MR) is 80.0 cm³/mol. The molecule has 1 heterocycles. The van der Waals surface area contributed by atoms with Gasteiger partial charge in [-0.1, -0.05) is 0 Å². The molecule has 1 rings (SSSR count).